The lowest BCUT2D eigenvalue weighted by atomic mass is 9.92. The van der Waals surface area contributed by atoms with Gasteiger partial charge in [-0.25, -0.2) is 0 Å². The SMILES string of the molecule is C/C=C/[C@@H]1OC(OC)C[C@@H](O[Si](c2ccccc2)c2ccccc2)[C@@H]1C. The van der Waals surface area contributed by atoms with Crippen molar-refractivity contribution in [3.05, 3.63) is 72.8 Å². The quantitative estimate of drug-likeness (QED) is 0.580. The van der Waals surface area contributed by atoms with E-state index in [1.807, 2.05) is 25.1 Å². The van der Waals surface area contributed by atoms with Crippen LogP contribution in [0.3, 0.4) is 0 Å². The molecule has 3 rings (SSSR count). The second-order valence-corrected chi connectivity index (χ2v) is 8.65. The maximum absolute atomic E-state index is 6.79. The zero-order chi connectivity index (χ0) is 18.4. The summed E-state index contributed by atoms with van der Waals surface area (Å²) in [6, 6.07) is 21.1. The third-order valence-corrected chi connectivity index (χ3v) is 7.08. The van der Waals surface area contributed by atoms with Gasteiger partial charge in [0, 0.05) is 19.4 Å². The topological polar surface area (TPSA) is 27.7 Å². The van der Waals surface area contributed by atoms with Gasteiger partial charge in [-0.2, -0.15) is 0 Å². The van der Waals surface area contributed by atoms with E-state index in [4.69, 9.17) is 13.9 Å². The molecule has 4 heteroatoms. The van der Waals surface area contributed by atoms with E-state index in [-0.39, 0.29) is 24.4 Å². The van der Waals surface area contributed by atoms with Gasteiger partial charge in [0.25, 0.3) is 9.04 Å². The van der Waals surface area contributed by atoms with Crippen molar-refractivity contribution in [3.63, 3.8) is 0 Å². The molecule has 1 saturated heterocycles. The average Bonchev–Trinajstić information content (AvgIpc) is 2.70. The first-order chi connectivity index (χ1) is 12.7. The summed E-state index contributed by atoms with van der Waals surface area (Å²) in [5, 5.41) is 2.53. The first kappa shape index (κ1) is 19.0. The highest BCUT2D eigenvalue weighted by molar-refractivity contribution is 6.80. The van der Waals surface area contributed by atoms with Crippen LogP contribution in [0.5, 0.6) is 0 Å². The lowest BCUT2D eigenvalue weighted by Crippen LogP contribution is -2.52. The minimum absolute atomic E-state index is 0.0125. The van der Waals surface area contributed by atoms with Gasteiger partial charge in [-0.3, -0.25) is 0 Å². The van der Waals surface area contributed by atoms with Crippen LogP contribution in [-0.2, 0) is 13.9 Å². The number of allylic oxidation sites excluding steroid dienone is 1. The Morgan fingerprint density at radius 1 is 1.00 bits per heavy atom. The van der Waals surface area contributed by atoms with Crippen molar-refractivity contribution in [1.29, 1.82) is 0 Å². The molecule has 2 aromatic carbocycles. The molecule has 2 aromatic rings. The first-order valence-corrected chi connectivity index (χ1v) is 10.6. The molecule has 137 valence electrons. The molecule has 3 nitrogen and oxygen atoms in total. The van der Waals surface area contributed by atoms with Gasteiger partial charge in [0.05, 0.1) is 12.2 Å². The Balaban J connectivity index is 1.88. The normalized spacial score (nSPS) is 26.5. The fraction of sp³-hybridized carbons (Fsp3) is 0.364. The average molecular weight is 368 g/mol. The van der Waals surface area contributed by atoms with E-state index in [2.05, 4.69) is 61.5 Å². The van der Waals surface area contributed by atoms with E-state index in [1.165, 1.54) is 10.4 Å². The van der Waals surface area contributed by atoms with Crippen LogP contribution in [0, 0.1) is 5.92 Å². The number of rotatable bonds is 6. The summed E-state index contributed by atoms with van der Waals surface area (Å²) in [4.78, 5) is 0. The molecule has 0 bridgehead atoms. The Kier molecular flexibility index (Phi) is 6.80. The highest BCUT2D eigenvalue weighted by Crippen LogP contribution is 2.29. The molecule has 1 heterocycles. The third kappa shape index (κ3) is 4.51. The fourth-order valence-corrected chi connectivity index (χ4v) is 5.53. The predicted molar refractivity (Wildman–Crippen MR) is 107 cm³/mol. The fourth-order valence-electron chi connectivity index (χ4n) is 3.32. The van der Waals surface area contributed by atoms with Crippen molar-refractivity contribution in [2.45, 2.75) is 38.8 Å². The van der Waals surface area contributed by atoms with Gasteiger partial charge in [-0.05, 0) is 17.3 Å². The van der Waals surface area contributed by atoms with E-state index >= 15 is 0 Å². The molecule has 4 atom stereocenters. The number of methoxy groups -OCH3 is 1. The first-order valence-electron chi connectivity index (χ1n) is 9.18. The van der Waals surface area contributed by atoms with Crippen LogP contribution in [0.25, 0.3) is 0 Å². The summed E-state index contributed by atoms with van der Waals surface area (Å²) in [6.07, 6.45) is 4.76. The van der Waals surface area contributed by atoms with Crippen LogP contribution in [0.15, 0.2) is 72.8 Å². The maximum atomic E-state index is 6.79. The van der Waals surface area contributed by atoms with Crippen LogP contribution < -0.4 is 10.4 Å². The van der Waals surface area contributed by atoms with E-state index in [0.717, 1.165) is 6.42 Å². The minimum Gasteiger partial charge on any atom is -0.404 e. The summed E-state index contributed by atoms with van der Waals surface area (Å²) in [5.41, 5.74) is 0. The lowest BCUT2D eigenvalue weighted by molar-refractivity contribution is -0.206. The van der Waals surface area contributed by atoms with Crippen LogP contribution in [-0.4, -0.2) is 34.6 Å². The molecule has 0 N–H and O–H groups in total. The number of hydrogen-bond acceptors (Lipinski definition) is 3. The molecule has 0 aliphatic carbocycles. The standard InChI is InChI=1S/C22H27O3Si/c1-4-11-20-17(2)21(16-22(23-3)24-20)25-26(18-12-7-5-8-13-18)19-14-9-6-10-15-19/h4-15,17,20-22H,16H2,1-3H3/b11-4+/t17-,20+,21-,22?/m1/s1. The van der Waals surface area contributed by atoms with Crippen molar-refractivity contribution in [3.8, 4) is 0 Å². The van der Waals surface area contributed by atoms with Gasteiger partial charge in [0.2, 0.25) is 0 Å². The zero-order valence-corrected chi connectivity index (χ0v) is 16.7. The summed E-state index contributed by atoms with van der Waals surface area (Å²) < 4.78 is 18.3. The Morgan fingerprint density at radius 2 is 1.58 bits per heavy atom. The van der Waals surface area contributed by atoms with E-state index < -0.39 is 9.04 Å². The molecule has 1 unspecified atom stereocenters. The van der Waals surface area contributed by atoms with Crippen molar-refractivity contribution in [2.24, 2.45) is 5.92 Å². The number of benzene rings is 2. The van der Waals surface area contributed by atoms with E-state index in [1.54, 1.807) is 7.11 Å². The van der Waals surface area contributed by atoms with E-state index in [9.17, 15) is 0 Å². The smallest absolute Gasteiger partial charge is 0.283 e. The van der Waals surface area contributed by atoms with Crippen LogP contribution in [0.4, 0.5) is 0 Å². The highest BCUT2D eigenvalue weighted by atomic mass is 28.3. The Bertz CT molecular complexity index is 650. The zero-order valence-electron chi connectivity index (χ0n) is 15.7. The van der Waals surface area contributed by atoms with Gasteiger partial charge < -0.3 is 13.9 Å². The van der Waals surface area contributed by atoms with Crippen molar-refractivity contribution in [2.75, 3.05) is 7.11 Å². The van der Waals surface area contributed by atoms with Gasteiger partial charge >= 0.3 is 0 Å². The predicted octanol–water partition coefficient (Wildman–Crippen LogP) is 3.15. The highest BCUT2D eigenvalue weighted by Gasteiger charge is 2.37. The van der Waals surface area contributed by atoms with Crippen LogP contribution >= 0.6 is 0 Å². The largest absolute Gasteiger partial charge is 0.404 e. The molecule has 0 aromatic heterocycles. The maximum Gasteiger partial charge on any atom is 0.283 e. The Hall–Kier alpha value is -1.72. The molecule has 1 aliphatic rings. The Morgan fingerprint density at radius 3 is 2.08 bits per heavy atom. The Labute approximate surface area is 158 Å². The molecule has 0 amide bonds. The number of hydrogen-bond donors (Lipinski definition) is 0. The summed E-state index contributed by atoms with van der Waals surface area (Å²) in [5.74, 6) is 0.269. The van der Waals surface area contributed by atoms with Crippen molar-refractivity contribution < 1.29 is 13.9 Å². The van der Waals surface area contributed by atoms with Crippen LogP contribution in [0.1, 0.15) is 20.3 Å². The van der Waals surface area contributed by atoms with Gasteiger partial charge in [0.1, 0.15) is 0 Å². The van der Waals surface area contributed by atoms with Crippen molar-refractivity contribution in [1.82, 2.24) is 0 Å². The second kappa shape index (κ2) is 9.28. The monoisotopic (exact) mass is 367 g/mol. The molecule has 1 aliphatic heterocycles. The van der Waals surface area contributed by atoms with Gasteiger partial charge in [-0.15, -0.1) is 0 Å². The number of ether oxygens (including phenoxy) is 2. The minimum atomic E-state index is -1.34. The van der Waals surface area contributed by atoms with Crippen LogP contribution in [0.2, 0.25) is 0 Å². The van der Waals surface area contributed by atoms with Gasteiger partial charge in [-0.1, -0.05) is 79.7 Å². The van der Waals surface area contributed by atoms with E-state index in [0.29, 0.717) is 0 Å². The summed E-state index contributed by atoms with van der Waals surface area (Å²) in [7, 11) is 0.364. The molecule has 1 fully saturated rings. The molecule has 0 spiro atoms. The van der Waals surface area contributed by atoms with Gasteiger partial charge in [0.15, 0.2) is 6.29 Å². The summed E-state index contributed by atoms with van der Waals surface area (Å²) in [6.45, 7) is 4.22. The lowest BCUT2D eigenvalue weighted by Gasteiger charge is -2.40. The summed E-state index contributed by atoms with van der Waals surface area (Å²) >= 11 is 0. The second-order valence-electron chi connectivity index (χ2n) is 6.60. The molecule has 1 radical (unpaired) electrons. The molecule has 0 saturated carbocycles. The van der Waals surface area contributed by atoms with Crippen molar-refractivity contribution >= 4 is 19.4 Å². The molecular weight excluding hydrogens is 340 g/mol. The molecule has 26 heavy (non-hydrogen) atoms. The molecular formula is C22H27O3Si. The third-order valence-electron chi connectivity index (χ3n) is 4.82.